The number of nitrogens with zero attached hydrogens (tertiary/aromatic N) is 4. The van der Waals surface area contributed by atoms with Gasteiger partial charge in [0.15, 0.2) is 16.6 Å². The van der Waals surface area contributed by atoms with E-state index < -0.39 is 5.91 Å². The number of benzene rings is 1. The Hall–Kier alpha value is -3.56. The van der Waals surface area contributed by atoms with Gasteiger partial charge in [-0.2, -0.15) is 15.1 Å². The van der Waals surface area contributed by atoms with Gasteiger partial charge in [-0.05, 0) is 60.3 Å². The fourth-order valence-corrected chi connectivity index (χ4v) is 4.25. The molecule has 5 rings (SSSR count). The second kappa shape index (κ2) is 7.60. The summed E-state index contributed by atoms with van der Waals surface area (Å²) in [6.07, 6.45) is 4.97. The van der Waals surface area contributed by atoms with Crippen molar-refractivity contribution in [1.29, 1.82) is 5.41 Å². The van der Waals surface area contributed by atoms with E-state index in [4.69, 9.17) is 26.2 Å². The molecule has 0 aliphatic carbocycles. The largest absolute Gasteiger partial charge is 0.495 e. The third kappa shape index (κ3) is 3.37. The zero-order chi connectivity index (χ0) is 21.5. The van der Waals surface area contributed by atoms with E-state index in [9.17, 15) is 4.79 Å². The van der Waals surface area contributed by atoms with E-state index in [1.165, 1.54) is 23.0 Å². The Morgan fingerprint density at radius 2 is 2.13 bits per heavy atom. The highest BCUT2D eigenvalue weighted by Gasteiger charge is 2.36. The molecule has 8 nitrogen and oxygen atoms in total. The van der Waals surface area contributed by atoms with Crippen LogP contribution in [0.2, 0.25) is 5.02 Å². The van der Waals surface area contributed by atoms with Gasteiger partial charge in [0.05, 0.1) is 24.6 Å². The third-order valence-corrected chi connectivity index (χ3v) is 5.82. The third-order valence-electron chi connectivity index (χ3n) is 4.66. The Morgan fingerprint density at radius 1 is 1.26 bits per heavy atom. The van der Waals surface area contributed by atoms with E-state index >= 15 is 0 Å². The average Bonchev–Trinajstić information content (AvgIpc) is 3.51. The molecule has 0 atom stereocenters. The summed E-state index contributed by atoms with van der Waals surface area (Å²) in [6, 6.07) is 12.4. The van der Waals surface area contributed by atoms with Crippen LogP contribution in [0.4, 0.5) is 0 Å². The standard InChI is InChI=1S/C21H14ClN5O3S/c1-29-16-7-6-12(22)10-15(16)26-8-2-4-13(26)11-14-18(23)27-21(24-19(14)28)31-20(25-27)17-5-3-9-30-17/h2-11,23H,1H3/b14-11-,23-18?. The van der Waals surface area contributed by atoms with Gasteiger partial charge in [-0.15, -0.1) is 0 Å². The molecule has 0 bridgehead atoms. The van der Waals surface area contributed by atoms with Gasteiger partial charge in [-0.1, -0.05) is 11.6 Å². The molecule has 1 aromatic carbocycles. The first kappa shape index (κ1) is 19.4. The van der Waals surface area contributed by atoms with Crippen molar-refractivity contribution in [2.24, 2.45) is 10.1 Å². The minimum Gasteiger partial charge on any atom is -0.495 e. The smallest absolute Gasteiger partial charge is 0.283 e. The van der Waals surface area contributed by atoms with Crippen molar-refractivity contribution in [3.8, 4) is 11.4 Å². The number of amidine groups is 2. The first-order chi connectivity index (χ1) is 15.0. The molecular weight excluding hydrogens is 438 g/mol. The molecule has 154 valence electrons. The van der Waals surface area contributed by atoms with E-state index in [-0.39, 0.29) is 11.4 Å². The van der Waals surface area contributed by atoms with Crippen molar-refractivity contribution in [3.05, 3.63) is 77.0 Å². The van der Waals surface area contributed by atoms with E-state index in [2.05, 4.69) is 10.1 Å². The van der Waals surface area contributed by atoms with Crippen LogP contribution in [0.3, 0.4) is 0 Å². The lowest BCUT2D eigenvalue weighted by atomic mass is 10.1. The molecule has 2 aliphatic rings. The normalized spacial score (nSPS) is 17.1. The van der Waals surface area contributed by atoms with Crippen LogP contribution in [0.5, 0.6) is 5.75 Å². The number of aromatic nitrogens is 1. The molecule has 1 N–H and O–H groups in total. The first-order valence-electron chi connectivity index (χ1n) is 9.10. The lowest BCUT2D eigenvalue weighted by molar-refractivity contribution is -0.114. The van der Waals surface area contributed by atoms with Crippen molar-refractivity contribution >= 4 is 51.4 Å². The van der Waals surface area contributed by atoms with E-state index in [1.54, 1.807) is 43.5 Å². The van der Waals surface area contributed by atoms with Gasteiger partial charge in [0.25, 0.3) is 5.91 Å². The number of methoxy groups -OCH3 is 1. The van der Waals surface area contributed by atoms with Gasteiger partial charge in [0, 0.05) is 16.9 Å². The average molecular weight is 452 g/mol. The summed E-state index contributed by atoms with van der Waals surface area (Å²) >= 11 is 7.36. The maximum absolute atomic E-state index is 12.7. The Kier molecular flexibility index (Phi) is 4.76. The van der Waals surface area contributed by atoms with Crippen LogP contribution < -0.4 is 4.74 Å². The van der Waals surface area contributed by atoms with Crippen LogP contribution in [0, 0.1) is 5.41 Å². The first-order valence-corrected chi connectivity index (χ1v) is 10.3. The number of halogens is 1. The molecule has 0 radical (unpaired) electrons. The highest BCUT2D eigenvalue weighted by molar-refractivity contribution is 8.27. The number of rotatable bonds is 4. The number of aliphatic imine (C=N–C) groups is 1. The fraction of sp³-hybridized carbons (Fsp3) is 0.0476. The molecule has 0 unspecified atom stereocenters. The summed E-state index contributed by atoms with van der Waals surface area (Å²) in [5, 5.41) is 15.7. The van der Waals surface area contributed by atoms with E-state index in [0.29, 0.717) is 38.1 Å². The molecule has 4 heterocycles. The summed E-state index contributed by atoms with van der Waals surface area (Å²) in [6.45, 7) is 0. The minimum atomic E-state index is -0.509. The summed E-state index contributed by atoms with van der Waals surface area (Å²) in [4.78, 5) is 16.8. The molecule has 31 heavy (non-hydrogen) atoms. The number of fused-ring (bicyclic) bond motifs is 1. The number of nitrogens with one attached hydrogen (secondary N) is 1. The zero-order valence-corrected chi connectivity index (χ0v) is 17.6. The molecule has 2 aromatic heterocycles. The van der Waals surface area contributed by atoms with Crippen LogP contribution in [-0.4, -0.2) is 38.6 Å². The number of thioether (sulfide) groups is 1. The topological polar surface area (TPSA) is 96.2 Å². The van der Waals surface area contributed by atoms with Gasteiger partial charge in [0.1, 0.15) is 5.75 Å². The number of hydrazone groups is 1. The van der Waals surface area contributed by atoms with Crippen LogP contribution >= 0.6 is 23.4 Å². The van der Waals surface area contributed by atoms with Crippen LogP contribution in [0.1, 0.15) is 11.5 Å². The van der Waals surface area contributed by atoms with Crippen molar-refractivity contribution in [2.45, 2.75) is 0 Å². The summed E-state index contributed by atoms with van der Waals surface area (Å²) in [5.41, 5.74) is 1.49. The van der Waals surface area contributed by atoms with Gasteiger partial charge in [0.2, 0.25) is 5.17 Å². The minimum absolute atomic E-state index is 0.0603. The summed E-state index contributed by atoms with van der Waals surface area (Å²) < 4.78 is 12.6. The second-order valence-electron chi connectivity index (χ2n) is 6.52. The number of carbonyl (C=O) groups excluding carboxylic acids is 1. The molecule has 0 saturated carbocycles. The number of hydrogen-bond donors (Lipinski definition) is 1. The molecule has 3 aromatic rings. The SMILES string of the molecule is COc1ccc(Cl)cc1-n1cccc1/C=C1/C(=N)N2N=C(c3ccco3)SC2=NC1=O. The number of ether oxygens (including phenoxy) is 1. The highest BCUT2D eigenvalue weighted by Crippen LogP contribution is 2.32. The molecule has 10 heteroatoms. The van der Waals surface area contributed by atoms with Crippen LogP contribution in [0.25, 0.3) is 11.8 Å². The quantitative estimate of drug-likeness (QED) is 0.593. The monoisotopic (exact) mass is 451 g/mol. The molecule has 2 aliphatic heterocycles. The Morgan fingerprint density at radius 3 is 2.90 bits per heavy atom. The molecule has 0 spiro atoms. The lowest BCUT2D eigenvalue weighted by Gasteiger charge is -2.20. The van der Waals surface area contributed by atoms with Crippen LogP contribution in [-0.2, 0) is 4.79 Å². The predicted octanol–water partition coefficient (Wildman–Crippen LogP) is 4.40. The fourth-order valence-electron chi connectivity index (χ4n) is 3.22. The summed E-state index contributed by atoms with van der Waals surface area (Å²) in [7, 11) is 1.57. The van der Waals surface area contributed by atoms with Crippen LogP contribution in [0.15, 0.2) is 75.0 Å². The van der Waals surface area contributed by atoms with Crippen molar-refractivity contribution in [1.82, 2.24) is 9.58 Å². The van der Waals surface area contributed by atoms with Crippen molar-refractivity contribution in [2.75, 3.05) is 7.11 Å². The Balaban J connectivity index is 1.54. The number of amides is 1. The predicted molar refractivity (Wildman–Crippen MR) is 120 cm³/mol. The zero-order valence-electron chi connectivity index (χ0n) is 16.1. The molecular formula is C21H14ClN5O3S. The highest BCUT2D eigenvalue weighted by atomic mass is 35.5. The van der Waals surface area contributed by atoms with Crippen molar-refractivity contribution in [3.63, 3.8) is 0 Å². The maximum Gasteiger partial charge on any atom is 0.283 e. The maximum atomic E-state index is 12.7. The van der Waals surface area contributed by atoms with Crippen molar-refractivity contribution < 1.29 is 13.9 Å². The van der Waals surface area contributed by atoms with E-state index in [0.717, 1.165) is 0 Å². The van der Waals surface area contributed by atoms with Gasteiger partial charge >= 0.3 is 0 Å². The molecule has 0 fully saturated rings. The molecule has 1 amide bonds. The number of hydrogen-bond acceptors (Lipinski definition) is 6. The Bertz CT molecular complexity index is 1310. The second-order valence-corrected chi connectivity index (χ2v) is 7.91. The van der Waals surface area contributed by atoms with E-state index in [1.807, 2.05) is 22.9 Å². The number of carbonyl (C=O) groups is 1. The van der Waals surface area contributed by atoms with Gasteiger partial charge in [-0.3, -0.25) is 10.2 Å². The lowest BCUT2D eigenvalue weighted by Crippen LogP contribution is -2.35. The van der Waals surface area contributed by atoms with Gasteiger partial charge < -0.3 is 13.7 Å². The van der Waals surface area contributed by atoms with Gasteiger partial charge in [-0.25, -0.2) is 0 Å². The summed E-state index contributed by atoms with van der Waals surface area (Å²) in [5.74, 6) is 0.601. The molecule has 0 saturated heterocycles. The number of furan rings is 1. The Labute approximate surface area is 186 Å².